The fourth-order valence-corrected chi connectivity index (χ4v) is 5.26. The van der Waals surface area contributed by atoms with E-state index in [1.165, 1.54) is 6.07 Å². The second-order valence-electron chi connectivity index (χ2n) is 8.87. The minimum atomic E-state index is -0.577. The van der Waals surface area contributed by atoms with Crippen molar-refractivity contribution in [2.75, 3.05) is 19.6 Å². The molecule has 34 heavy (non-hydrogen) atoms. The number of carbonyl (C=O) groups excluding carboxylic acids is 2. The first-order chi connectivity index (χ1) is 16.3. The molecule has 1 unspecified atom stereocenters. The van der Waals surface area contributed by atoms with Crippen LogP contribution in [0.3, 0.4) is 0 Å². The molecule has 1 atom stereocenters. The molecular formula is C25H32FN5O2S. The number of hydrogen-bond acceptors (Lipinski definition) is 6. The van der Waals surface area contributed by atoms with E-state index >= 15 is 0 Å². The van der Waals surface area contributed by atoms with Gasteiger partial charge in [-0.1, -0.05) is 0 Å². The number of likely N-dealkylation sites (tertiary alicyclic amines) is 1. The molecule has 1 aliphatic rings. The lowest BCUT2D eigenvalue weighted by molar-refractivity contribution is -0.134. The number of halogens is 1. The molecule has 1 fully saturated rings. The Morgan fingerprint density at radius 3 is 2.74 bits per heavy atom. The summed E-state index contributed by atoms with van der Waals surface area (Å²) in [6.45, 7) is 8.28. The van der Waals surface area contributed by atoms with Crippen molar-refractivity contribution in [3.8, 4) is 6.07 Å². The number of nitrogens with zero attached hydrogens (tertiary/aromatic N) is 4. The smallest absolute Gasteiger partial charge is 0.253 e. The number of carbonyl (C=O) groups is 2. The van der Waals surface area contributed by atoms with Gasteiger partial charge in [-0.25, -0.2) is 4.98 Å². The number of rotatable bonds is 9. The van der Waals surface area contributed by atoms with Crippen LogP contribution in [0, 0.1) is 31.1 Å². The van der Waals surface area contributed by atoms with Crippen molar-refractivity contribution in [3.63, 3.8) is 0 Å². The third-order valence-corrected chi connectivity index (χ3v) is 7.22. The van der Waals surface area contributed by atoms with Crippen molar-refractivity contribution in [2.24, 2.45) is 0 Å². The molecule has 0 aliphatic carbocycles. The highest BCUT2D eigenvalue weighted by molar-refractivity contribution is 7.07. The highest BCUT2D eigenvalue weighted by atomic mass is 32.1. The maximum atomic E-state index is 13.4. The number of aromatic nitrogens is 1. The van der Waals surface area contributed by atoms with E-state index in [-0.39, 0.29) is 30.3 Å². The van der Waals surface area contributed by atoms with Crippen molar-refractivity contribution >= 4 is 23.2 Å². The number of pyridine rings is 1. The summed E-state index contributed by atoms with van der Waals surface area (Å²) in [6, 6.07) is 5.69. The lowest BCUT2D eigenvalue weighted by Crippen LogP contribution is -2.49. The van der Waals surface area contributed by atoms with Crippen molar-refractivity contribution in [3.05, 3.63) is 51.2 Å². The van der Waals surface area contributed by atoms with Crippen molar-refractivity contribution in [2.45, 2.75) is 65.1 Å². The molecule has 1 aliphatic heterocycles. The number of nitrogens with one attached hydrogen (secondary N) is 1. The van der Waals surface area contributed by atoms with Crippen LogP contribution in [-0.4, -0.2) is 58.3 Å². The molecule has 182 valence electrons. The van der Waals surface area contributed by atoms with Gasteiger partial charge in [-0.3, -0.25) is 9.59 Å². The third kappa shape index (κ3) is 6.61. The molecule has 0 bridgehead atoms. The summed E-state index contributed by atoms with van der Waals surface area (Å²) in [5.74, 6) is -0.913. The van der Waals surface area contributed by atoms with Gasteiger partial charge in [0.05, 0.1) is 17.3 Å². The van der Waals surface area contributed by atoms with Gasteiger partial charge in [0, 0.05) is 38.3 Å². The lowest BCUT2D eigenvalue weighted by atomic mass is 10.00. The molecule has 2 amide bonds. The largest absolute Gasteiger partial charge is 0.352 e. The molecule has 2 aromatic rings. The number of aryl methyl sites for hydroxylation is 2. The van der Waals surface area contributed by atoms with E-state index in [1.807, 2.05) is 27.8 Å². The molecule has 0 radical (unpaired) electrons. The summed E-state index contributed by atoms with van der Waals surface area (Å²) in [5.41, 5.74) is 2.51. The van der Waals surface area contributed by atoms with Gasteiger partial charge in [-0.05, 0) is 74.1 Å². The van der Waals surface area contributed by atoms with E-state index in [9.17, 15) is 14.0 Å². The summed E-state index contributed by atoms with van der Waals surface area (Å²) < 4.78 is 13.4. The summed E-state index contributed by atoms with van der Waals surface area (Å²) in [5, 5.41) is 16.0. The van der Waals surface area contributed by atoms with Gasteiger partial charge in [0.1, 0.15) is 6.42 Å². The molecule has 1 saturated heterocycles. The molecule has 1 N–H and O–H groups in total. The first kappa shape index (κ1) is 25.8. The van der Waals surface area contributed by atoms with Gasteiger partial charge in [-0.2, -0.15) is 21.0 Å². The van der Waals surface area contributed by atoms with Crippen LogP contribution in [0.1, 0.15) is 59.8 Å². The van der Waals surface area contributed by atoms with Crippen molar-refractivity contribution < 1.29 is 14.0 Å². The lowest BCUT2D eigenvalue weighted by Gasteiger charge is -2.40. The zero-order valence-electron chi connectivity index (χ0n) is 20.0. The Balaban J connectivity index is 1.49. The fourth-order valence-electron chi connectivity index (χ4n) is 4.60. The number of hydrogen-bond donors (Lipinski definition) is 1. The van der Waals surface area contributed by atoms with E-state index in [0.717, 1.165) is 37.9 Å². The summed E-state index contributed by atoms with van der Waals surface area (Å²) >= 11 is 1.61. The van der Waals surface area contributed by atoms with Gasteiger partial charge in [-0.15, -0.1) is 0 Å². The van der Waals surface area contributed by atoms with Crippen LogP contribution in [0.2, 0.25) is 0 Å². The first-order valence-electron chi connectivity index (χ1n) is 11.6. The first-order valence-corrected chi connectivity index (χ1v) is 12.6. The number of amides is 2. The average molecular weight is 486 g/mol. The molecule has 3 heterocycles. The van der Waals surface area contributed by atoms with Gasteiger partial charge in [0.15, 0.2) is 0 Å². The van der Waals surface area contributed by atoms with E-state index in [0.29, 0.717) is 29.9 Å². The van der Waals surface area contributed by atoms with Crippen molar-refractivity contribution in [1.82, 2.24) is 20.1 Å². The molecule has 7 nitrogen and oxygen atoms in total. The molecule has 2 aromatic heterocycles. The molecule has 0 aromatic carbocycles. The Morgan fingerprint density at radius 1 is 1.38 bits per heavy atom. The maximum absolute atomic E-state index is 13.4. The van der Waals surface area contributed by atoms with E-state index in [4.69, 9.17) is 5.26 Å². The predicted octanol–water partition coefficient (Wildman–Crippen LogP) is 3.81. The van der Waals surface area contributed by atoms with Crippen molar-refractivity contribution in [1.29, 1.82) is 5.26 Å². The monoisotopic (exact) mass is 485 g/mol. The maximum Gasteiger partial charge on any atom is 0.253 e. The molecular weight excluding hydrogens is 453 g/mol. The van der Waals surface area contributed by atoms with Crippen LogP contribution in [0.15, 0.2) is 22.9 Å². The Bertz CT molecular complexity index is 1010. The quantitative estimate of drug-likeness (QED) is 0.546. The standard InChI is InChI=1S/C25H32FN5O2S/c1-17-14-22(26)29-19(3)24(17)25(33)28-10-5-18(2)30-11-6-21(7-12-30)31(23(32)4-9-27)15-20-8-13-34-16-20/h8,13-14,16,18,21H,4-7,10-12,15H2,1-3H3,(H,28,33). The average Bonchev–Trinajstić information content (AvgIpc) is 3.30. The Hall–Kier alpha value is -2.83. The minimum absolute atomic E-state index is 0.0943. The Kier molecular flexibility index (Phi) is 9.13. The molecule has 0 saturated carbocycles. The zero-order valence-corrected chi connectivity index (χ0v) is 20.8. The van der Waals surface area contributed by atoms with Gasteiger partial charge in [0.2, 0.25) is 11.9 Å². The van der Waals surface area contributed by atoms with Crippen LogP contribution in [0.5, 0.6) is 0 Å². The fraction of sp³-hybridized carbons (Fsp3) is 0.520. The molecule has 3 rings (SSSR count). The second kappa shape index (κ2) is 12.0. The van der Waals surface area contributed by atoms with E-state index < -0.39 is 5.95 Å². The van der Waals surface area contributed by atoms with Gasteiger partial charge >= 0.3 is 0 Å². The topological polar surface area (TPSA) is 89.3 Å². The number of thiophene rings is 1. The number of nitriles is 1. The highest BCUT2D eigenvalue weighted by Crippen LogP contribution is 2.23. The van der Waals surface area contributed by atoms with Crippen LogP contribution in [0.4, 0.5) is 4.39 Å². The van der Waals surface area contributed by atoms with E-state index in [1.54, 1.807) is 25.2 Å². The van der Waals surface area contributed by atoms with Crippen LogP contribution in [-0.2, 0) is 11.3 Å². The molecule has 0 spiro atoms. The summed E-state index contributed by atoms with van der Waals surface area (Å²) in [6.07, 6.45) is 2.41. The summed E-state index contributed by atoms with van der Waals surface area (Å²) in [4.78, 5) is 33.2. The SMILES string of the molecule is Cc1cc(F)nc(C)c1C(=O)NCCC(C)N1CCC(N(Cc2ccsc2)C(=O)CC#N)CC1. The number of piperidine rings is 1. The third-order valence-electron chi connectivity index (χ3n) is 6.49. The highest BCUT2D eigenvalue weighted by Gasteiger charge is 2.29. The van der Waals surface area contributed by atoms with Gasteiger partial charge in [0.25, 0.3) is 5.91 Å². The second-order valence-corrected chi connectivity index (χ2v) is 9.65. The van der Waals surface area contributed by atoms with Crippen LogP contribution < -0.4 is 5.32 Å². The summed E-state index contributed by atoms with van der Waals surface area (Å²) in [7, 11) is 0. The Labute approximate surface area is 204 Å². The van der Waals surface area contributed by atoms with Crippen LogP contribution >= 0.6 is 11.3 Å². The van der Waals surface area contributed by atoms with Crippen LogP contribution in [0.25, 0.3) is 0 Å². The minimum Gasteiger partial charge on any atom is -0.352 e. The molecule has 9 heteroatoms. The predicted molar refractivity (Wildman–Crippen MR) is 130 cm³/mol. The zero-order chi connectivity index (χ0) is 24.7. The Morgan fingerprint density at radius 2 is 2.12 bits per heavy atom. The normalized spacial score (nSPS) is 15.5. The van der Waals surface area contributed by atoms with E-state index in [2.05, 4.69) is 22.1 Å². The van der Waals surface area contributed by atoms with Gasteiger partial charge < -0.3 is 15.1 Å².